The molecule has 1 heteroatoms. The monoisotopic (exact) mass is 284 g/mol. The summed E-state index contributed by atoms with van der Waals surface area (Å²) < 4.78 is 0. The van der Waals surface area contributed by atoms with E-state index < -0.39 is 0 Å². The topological polar surface area (TPSA) is 20.2 Å². The second kappa shape index (κ2) is 6.51. The standard InChI is InChI=1S/C20H28O/c1-5-7-16-12-17-14-20(4,10-6-8-15(2)3)11-9-18(17)19(21)13-16/h8-9,11-13,21H,5-7,10,14H2,1-4H3. The third kappa shape index (κ3) is 4.00. The number of hydrogen-bond donors (Lipinski definition) is 1. The first-order valence-electron chi connectivity index (χ1n) is 8.11. The molecular formula is C20H28O. The number of aryl methyl sites for hydroxylation is 1. The van der Waals surface area contributed by atoms with Gasteiger partial charge in [-0.1, -0.05) is 50.1 Å². The van der Waals surface area contributed by atoms with E-state index in [1.807, 2.05) is 6.07 Å². The van der Waals surface area contributed by atoms with Crippen molar-refractivity contribution in [3.05, 3.63) is 46.5 Å². The summed E-state index contributed by atoms with van der Waals surface area (Å²) in [6.45, 7) is 8.82. The fourth-order valence-electron chi connectivity index (χ4n) is 3.17. The van der Waals surface area contributed by atoms with Crippen molar-refractivity contribution in [1.29, 1.82) is 0 Å². The maximum atomic E-state index is 10.2. The van der Waals surface area contributed by atoms with Crippen LogP contribution in [0.2, 0.25) is 0 Å². The van der Waals surface area contributed by atoms with Gasteiger partial charge in [-0.15, -0.1) is 0 Å². The molecule has 0 spiro atoms. The summed E-state index contributed by atoms with van der Waals surface area (Å²) in [7, 11) is 0. The van der Waals surface area contributed by atoms with Crippen LogP contribution in [-0.2, 0) is 12.8 Å². The molecule has 2 rings (SSSR count). The molecule has 1 aliphatic rings. The van der Waals surface area contributed by atoms with Crippen molar-refractivity contribution < 1.29 is 5.11 Å². The molecule has 0 fully saturated rings. The highest BCUT2D eigenvalue weighted by Crippen LogP contribution is 2.39. The third-order valence-corrected chi connectivity index (χ3v) is 4.36. The average molecular weight is 284 g/mol. The summed E-state index contributed by atoms with van der Waals surface area (Å²) in [6, 6.07) is 4.22. The first-order chi connectivity index (χ1) is 9.93. The molecule has 1 aromatic carbocycles. The average Bonchev–Trinajstić information content (AvgIpc) is 2.37. The molecule has 1 atom stereocenters. The van der Waals surface area contributed by atoms with Crippen molar-refractivity contribution in [3.63, 3.8) is 0 Å². The van der Waals surface area contributed by atoms with Crippen LogP contribution in [0.1, 0.15) is 63.6 Å². The molecular weight excluding hydrogens is 256 g/mol. The summed E-state index contributed by atoms with van der Waals surface area (Å²) in [5.74, 6) is 0.443. The maximum Gasteiger partial charge on any atom is 0.123 e. The lowest BCUT2D eigenvalue weighted by Crippen LogP contribution is -2.20. The van der Waals surface area contributed by atoms with Crippen LogP contribution in [0.3, 0.4) is 0 Å². The van der Waals surface area contributed by atoms with Gasteiger partial charge in [-0.3, -0.25) is 0 Å². The SMILES string of the molecule is CCCc1cc(O)c2c(c1)CC(C)(CCC=C(C)C)C=C2. The number of phenols is 1. The van der Waals surface area contributed by atoms with Crippen molar-refractivity contribution in [1.82, 2.24) is 0 Å². The van der Waals surface area contributed by atoms with Crippen LogP contribution in [0.5, 0.6) is 5.75 Å². The van der Waals surface area contributed by atoms with E-state index in [0.717, 1.165) is 37.7 Å². The zero-order valence-corrected chi connectivity index (χ0v) is 13.9. The highest BCUT2D eigenvalue weighted by molar-refractivity contribution is 5.65. The molecule has 0 bridgehead atoms. The number of rotatable bonds is 5. The third-order valence-electron chi connectivity index (χ3n) is 4.36. The van der Waals surface area contributed by atoms with Crippen molar-refractivity contribution in [3.8, 4) is 5.75 Å². The van der Waals surface area contributed by atoms with E-state index in [2.05, 4.69) is 52.0 Å². The van der Waals surface area contributed by atoms with Crippen LogP contribution >= 0.6 is 0 Å². The van der Waals surface area contributed by atoms with Crippen LogP contribution < -0.4 is 0 Å². The van der Waals surface area contributed by atoms with Gasteiger partial charge in [0.1, 0.15) is 5.75 Å². The summed E-state index contributed by atoms with van der Waals surface area (Å²) in [5.41, 5.74) is 5.18. The quantitative estimate of drug-likeness (QED) is 0.691. The Balaban J connectivity index is 2.20. The van der Waals surface area contributed by atoms with Crippen molar-refractivity contribution in [2.24, 2.45) is 5.41 Å². The number of aromatic hydroxyl groups is 1. The number of hydrogen-bond acceptors (Lipinski definition) is 1. The van der Waals surface area contributed by atoms with Gasteiger partial charge in [0.05, 0.1) is 0 Å². The van der Waals surface area contributed by atoms with Crippen LogP contribution in [0.4, 0.5) is 0 Å². The van der Waals surface area contributed by atoms with Gasteiger partial charge in [-0.2, -0.15) is 0 Å². The van der Waals surface area contributed by atoms with Gasteiger partial charge >= 0.3 is 0 Å². The minimum absolute atomic E-state index is 0.205. The van der Waals surface area contributed by atoms with E-state index in [1.54, 1.807) is 0 Å². The van der Waals surface area contributed by atoms with E-state index in [0.29, 0.717) is 5.75 Å². The minimum Gasteiger partial charge on any atom is -0.507 e. The van der Waals surface area contributed by atoms with E-state index in [4.69, 9.17) is 0 Å². The molecule has 0 aliphatic heterocycles. The molecule has 1 aromatic rings. The molecule has 0 saturated carbocycles. The van der Waals surface area contributed by atoms with Crippen LogP contribution in [0.25, 0.3) is 6.08 Å². The van der Waals surface area contributed by atoms with Gasteiger partial charge in [0.15, 0.2) is 0 Å². The van der Waals surface area contributed by atoms with Crippen LogP contribution in [0.15, 0.2) is 29.9 Å². The Morgan fingerprint density at radius 2 is 2.10 bits per heavy atom. The molecule has 1 nitrogen and oxygen atoms in total. The van der Waals surface area contributed by atoms with Gasteiger partial charge < -0.3 is 5.11 Å². The fourth-order valence-corrected chi connectivity index (χ4v) is 3.17. The van der Waals surface area contributed by atoms with Crippen LogP contribution in [0, 0.1) is 5.41 Å². The molecule has 114 valence electrons. The van der Waals surface area contributed by atoms with E-state index in [-0.39, 0.29) is 5.41 Å². The number of fused-ring (bicyclic) bond motifs is 1. The number of allylic oxidation sites excluding steroid dienone is 3. The molecule has 1 unspecified atom stereocenters. The molecule has 0 radical (unpaired) electrons. The van der Waals surface area contributed by atoms with E-state index in [9.17, 15) is 5.11 Å². The predicted octanol–water partition coefficient (Wildman–Crippen LogP) is 5.67. The first kappa shape index (κ1) is 15.9. The normalized spacial score (nSPS) is 20.2. The summed E-state index contributed by atoms with van der Waals surface area (Å²) in [4.78, 5) is 0. The Morgan fingerprint density at radius 1 is 1.33 bits per heavy atom. The lowest BCUT2D eigenvalue weighted by molar-refractivity contribution is 0.387. The van der Waals surface area contributed by atoms with E-state index in [1.165, 1.54) is 16.7 Å². The van der Waals surface area contributed by atoms with Crippen molar-refractivity contribution in [2.45, 2.75) is 59.8 Å². The van der Waals surface area contributed by atoms with Gasteiger partial charge in [-0.25, -0.2) is 0 Å². The van der Waals surface area contributed by atoms with Gasteiger partial charge in [0.2, 0.25) is 0 Å². The Labute approximate surface area is 129 Å². The second-order valence-electron chi connectivity index (χ2n) is 6.92. The van der Waals surface area contributed by atoms with Crippen molar-refractivity contribution in [2.75, 3.05) is 0 Å². The molecule has 1 aliphatic carbocycles. The molecule has 0 amide bonds. The zero-order valence-electron chi connectivity index (χ0n) is 13.9. The molecule has 21 heavy (non-hydrogen) atoms. The summed E-state index contributed by atoms with van der Waals surface area (Å²) in [5, 5.41) is 10.2. The largest absolute Gasteiger partial charge is 0.507 e. The lowest BCUT2D eigenvalue weighted by Gasteiger charge is -2.31. The molecule has 0 aromatic heterocycles. The number of benzene rings is 1. The van der Waals surface area contributed by atoms with Crippen LogP contribution in [-0.4, -0.2) is 5.11 Å². The predicted molar refractivity (Wildman–Crippen MR) is 91.6 cm³/mol. The summed E-state index contributed by atoms with van der Waals surface area (Å²) in [6.07, 6.45) is 12.2. The molecule has 0 heterocycles. The Morgan fingerprint density at radius 3 is 2.76 bits per heavy atom. The fraction of sp³-hybridized carbons (Fsp3) is 0.500. The zero-order chi connectivity index (χ0) is 15.5. The van der Waals surface area contributed by atoms with E-state index >= 15 is 0 Å². The molecule has 1 N–H and O–H groups in total. The molecule has 0 saturated heterocycles. The van der Waals surface area contributed by atoms with Crippen molar-refractivity contribution >= 4 is 6.08 Å². The van der Waals surface area contributed by atoms with Gasteiger partial charge in [-0.05, 0) is 62.1 Å². The second-order valence-corrected chi connectivity index (χ2v) is 6.92. The maximum absolute atomic E-state index is 10.2. The lowest BCUT2D eigenvalue weighted by atomic mass is 9.74. The Hall–Kier alpha value is -1.50. The highest BCUT2D eigenvalue weighted by Gasteiger charge is 2.26. The Kier molecular flexibility index (Phi) is 4.92. The smallest absolute Gasteiger partial charge is 0.123 e. The Bertz CT molecular complexity index is 561. The number of phenolic OH excluding ortho intramolecular Hbond substituents is 1. The minimum atomic E-state index is 0.205. The highest BCUT2D eigenvalue weighted by atomic mass is 16.3. The first-order valence-corrected chi connectivity index (χ1v) is 8.11. The van der Waals surface area contributed by atoms with Gasteiger partial charge in [0.25, 0.3) is 0 Å². The van der Waals surface area contributed by atoms with Gasteiger partial charge in [0, 0.05) is 5.56 Å². The summed E-state index contributed by atoms with van der Waals surface area (Å²) >= 11 is 0.